The number of hydrogen-bond acceptors (Lipinski definition) is 3. The summed E-state index contributed by atoms with van der Waals surface area (Å²) < 4.78 is 0. The first kappa shape index (κ1) is 19.9. The highest BCUT2D eigenvalue weighted by atomic mass is 16.3. The molecule has 1 atom stereocenters. The van der Waals surface area contributed by atoms with Crippen LogP contribution in [-0.4, -0.2) is 48.0 Å². The smallest absolute Gasteiger partial charge is 0.0667 e. The summed E-state index contributed by atoms with van der Waals surface area (Å²) in [5, 5.41) is 18.6. The van der Waals surface area contributed by atoms with Crippen LogP contribution in [0.15, 0.2) is 0 Å². The molecule has 0 fully saturated rings. The van der Waals surface area contributed by atoms with Gasteiger partial charge in [-0.25, -0.2) is 0 Å². The van der Waals surface area contributed by atoms with Crippen molar-refractivity contribution in [1.29, 1.82) is 0 Å². The number of aliphatic hydroxyl groups is 2. The van der Waals surface area contributed by atoms with Gasteiger partial charge in [0.05, 0.1) is 12.7 Å². The Morgan fingerprint density at radius 1 is 0.850 bits per heavy atom. The van der Waals surface area contributed by atoms with Gasteiger partial charge in [0.25, 0.3) is 0 Å². The van der Waals surface area contributed by atoms with Crippen LogP contribution in [0.2, 0.25) is 0 Å². The lowest BCUT2D eigenvalue weighted by Gasteiger charge is -2.19. The lowest BCUT2D eigenvalue weighted by molar-refractivity contribution is 0.105. The maximum atomic E-state index is 9.85. The minimum Gasteiger partial charge on any atom is -0.395 e. The van der Waals surface area contributed by atoms with Gasteiger partial charge in [-0.1, -0.05) is 71.1 Å². The standard InChI is InChI=1S/C17H37NO2/c1-3-4-5-6-7-8-9-10-11-12-13-17(20)16-18(2)14-15-19/h17,19-20H,3-16H2,1-2H3. The monoisotopic (exact) mass is 287 g/mol. The van der Waals surface area contributed by atoms with E-state index in [0.29, 0.717) is 13.1 Å². The van der Waals surface area contributed by atoms with Crippen molar-refractivity contribution in [2.75, 3.05) is 26.7 Å². The van der Waals surface area contributed by atoms with Crippen molar-refractivity contribution < 1.29 is 10.2 Å². The van der Waals surface area contributed by atoms with E-state index in [9.17, 15) is 5.11 Å². The van der Waals surface area contributed by atoms with Crippen LogP contribution in [-0.2, 0) is 0 Å². The molecular weight excluding hydrogens is 250 g/mol. The second-order valence-corrected chi connectivity index (χ2v) is 6.11. The molecule has 0 aromatic heterocycles. The van der Waals surface area contributed by atoms with Gasteiger partial charge < -0.3 is 15.1 Å². The summed E-state index contributed by atoms with van der Waals surface area (Å²) in [4.78, 5) is 1.99. The largest absolute Gasteiger partial charge is 0.395 e. The van der Waals surface area contributed by atoms with Crippen LogP contribution in [0.5, 0.6) is 0 Å². The first-order chi connectivity index (χ1) is 9.70. The fraction of sp³-hybridized carbons (Fsp3) is 1.00. The van der Waals surface area contributed by atoms with Gasteiger partial charge in [0.1, 0.15) is 0 Å². The van der Waals surface area contributed by atoms with Gasteiger partial charge in [-0.05, 0) is 13.5 Å². The minimum atomic E-state index is -0.236. The van der Waals surface area contributed by atoms with E-state index in [0.717, 1.165) is 12.8 Å². The molecule has 0 amide bonds. The molecule has 0 aliphatic rings. The van der Waals surface area contributed by atoms with Gasteiger partial charge in [-0.3, -0.25) is 0 Å². The average molecular weight is 287 g/mol. The fourth-order valence-electron chi connectivity index (χ4n) is 2.58. The lowest BCUT2D eigenvalue weighted by atomic mass is 10.0. The SMILES string of the molecule is CCCCCCCCCCCCC(O)CN(C)CCO. The molecule has 0 aliphatic heterocycles. The summed E-state index contributed by atoms with van der Waals surface area (Å²) in [5.41, 5.74) is 0. The van der Waals surface area contributed by atoms with Gasteiger partial charge in [0, 0.05) is 13.1 Å². The molecule has 122 valence electrons. The van der Waals surface area contributed by atoms with Crippen LogP contribution in [0, 0.1) is 0 Å². The third-order valence-corrected chi connectivity index (χ3v) is 3.90. The minimum absolute atomic E-state index is 0.168. The number of hydrogen-bond donors (Lipinski definition) is 2. The second kappa shape index (κ2) is 15.3. The van der Waals surface area contributed by atoms with Crippen molar-refractivity contribution >= 4 is 0 Å². The Morgan fingerprint density at radius 3 is 1.85 bits per heavy atom. The zero-order valence-corrected chi connectivity index (χ0v) is 13.8. The van der Waals surface area contributed by atoms with E-state index in [4.69, 9.17) is 5.11 Å². The molecule has 3 heteroatoms. The molecule has 0 radical (unpaired) electrons. The number of nitrogens with zero attached hydrogens (tertiary/aromatic N) is 1. The Balaban J connectivity index is 3.19. The summed E-state index contributed by atoms with van der Waals surface area (Å²) in [5.74, 6) is 0. The lowest BCUT2D eigenvalue weighted by Crippen LogP contribution is -2.31. The maximum absolute atomic E-state index is 9.85. The van der Waals surface area contributed by atoms with E-state index in [2.05, 4.69) is 6.92 Å². The summed E-state index contributed by atoms with van der Waals surface area (Å²) >= 11 is 0. The van der Waals surface area contributed by atoms with Gasteiger partial charge in [0.15, 0.2) is 0 Å². The number of unbranched alkanes of at least 4 members (excludes halogenated alkanes) is 9. The van der Waals surface area contributed by atoms with Crippen LogP contribution in [0.3, 0.4) is 0 Å². The number of aliphatic hydroxyl groups excluding tert-OH is 2. The summed E-state index contributed by atoms with van der Waals surface area (Å²) in [6, 6.07) is 0. The highest BCUT2D eigenvalue weighted by Crippen LogP contribution is 2.12. The van der Waals surface area contributed by atoms with Crippen LogP contribution >= 0.6 is 0 Å². The molecule has 0 aliphatic carbocycles. The van der Waals surface area contributed by atoms with Crippen molar-refractivity contribution in [2.24, 2.45) is 0 Å². The van der Waals surface area contributed by atoms with E-state index < -0.39 is 0 Å². The average Bonchev–Trinajstić information content (AvgIpc) is 2.41. The van der Waals surface area contributed by atoms with Crippen molar-refractivity contribution in [1.82, 2.24) is 4.90 Å². The van der Waals surface area contributed by atoms with Gasteiger partial charge in [-0.15, -0.1) is 0 Å². The van der Waals surface area contributed by atoms with Crippen LogP contribution in [0.4, 0.5) is 0 Å². The van der Waals surface area contributed by atoms with Crippen LogP contribution < -0.4 is 0 Å². The van der Waals surface area contributed by atoms with E-state index >= 15 is 0 Å². The Kier molecular flexibility index (Phi) is 15.2. The number of rotatable bonds is 15. The molecule has 20 heavy (non-hydrogen) atoms. The summed E-state index contributed by atoms with van der Waals surface area (Å²) in [6.45, 7) is 3.75. The van der Waals surface area contributed by atoms with Gasteiger partial charge in [0.2, 0.25) is 0 Å². The Hall–Kier alpha value is -0.120. The maximum Gasteiger partial charge on any atom is 0.0667 e. The van der Waals surface area contributed by atoms with Crippen molar-refractivity contribution in [3.63, 3.8) is 0 Å². The normalized spacial score (nSPS) is 13.1. The van der Waals surface area contributed by atoms with Crippen molar-refractivity contribution in [3.05, 3.63) is 0 Å². The molecular formula is C17H37NO2. The Labute approximate surface area is 126 Å². The quantitative estimate of drug-likeness (QED) is 0.452. The molecule has 0 aromatic rings. The van der Waals surface area contributed by atoms with Crippen LogP contribution in [0.1, 0.15) is 77.6 Å². The highest BCUT2D eigenvalue weighted by molar-refractivity contribution is 4.61. The zero-order valence-electron chi connectivity index (χ0n) is 13.8. The first-order valence-corrected chi connectivity index (χ1v) is 8.68. The van der Waals surface area contributed by atoms with Crippen molar-refractivity contribution in [2.45, 2.75) is 83.7 Å². The number of likely N-dealkylation sites (N-methyl/N-ethyl adjacent to an activating group) is 1. The van der Waals surface area contributed by atoms with Crippen molar-refractivity contribution in [3.8, 4) is 0 Å². The molecule has 0 rings (SSSR count). The molecule has 1 unspecified atom stereocenters. The molecule has 0 heterocycles. The van der Waals surface area contributed by atoms with E-state index in [1.807, 2.05) is 11.9 Å². The predicted molar refractivity (Wildman–Crippen MR) is 87.1 cm³/mol. The molecule has 0 spiro atoms. The molecule has 0 aromatic carbocycles. The van der Waals surface area contributed by atoms with E-state index in [-0.39, 0.29) is 12.7 Å². The van der Waals surface area contributed by atoms with E-state index in [1.54, 1.807) is 0 Å². The Bertz CT molecular complexity index is 188. The van der Waals surface area contributed by atoms with E-state index in [1.165, 1.54) is 57.8 Å². The third kappa shape index (κ3) is 14.3. The molecule has 0 saturated carbocycles. The fourth-order valence-corrected chi connectivity index (χ4v) is 2.58. The highest BCUT2D eigenvalue weighted by Gasteiger charge is 2.07. The first-order valence-electron chi connectivity index (χ1n) is 8.68. The Morgan fingerprint density at radius 2 is 1.35 bits per heavy atom. The predicted octanol–water partition coefficient (Wildman–Crippen LogP) is 3.58. The second-order valence-electron chi connectivity index (χ2n) is 6.11. The molecule has 0 saturated heterocycles. The van der Waals surface area contributed by atoms with Crippen LogP contribution in [0.25, 0.3) is 0 Å². The van der Waals surface area contributed by atoms with Gasteiger partial charge in [-0.2, -0.15) is 0 Å². The summed E-state index contributed by atoms with van der Waals surface area (Å²) in [7, 11) is 1.94. The molecule has 2 N–H and O–H groups in total. The molecule has 3 nitrogen and oxygen atoms in total. The third-order valence-electron chi connectivity index (χ3n) is 3.90. The molecule has 0 bridgehead atoms. The topological polar surface area (TPSA) is 43.7 Å². The summed E-state index contributed by atoms with van der Waals surface area (Å²) in [6.07, 6.45) is 14.0. The zero-order chi connectivity index (χ0) is 15.1. The van der Waals surface area contributed by atoms with Gasteiger partial charge >= 0.3 is 0 Å².